The van der Waals surface area contributed by atoms with Crippen molar-refractivity contribution in [1.82, 2.24) is 20.9 Å². The number of phenolic OH excluding ortho intramolecular Hbond substituents is 1. The Hall–Kier alpha value is -3.42. The van der Waals surface area contributed by atoms with Gasteiger partial charge >= 0.3 is 5.97 Å². The molecule has 36 heavy (non-hydrogen) atoms. The molecule has 0 fully saturated rings. The molecule has 0 bridgehead atoms. The minimum atomic E-state index is -1.21. The summed E-state index contributed by atoms with van der Waals surface area (Å²) in [6.07, 6.45) is 2.33. The number of anilines is 1. The first-order chi connectivity index (χ1) is 16.9. The summed E-state index contributed by atoms with van der Waals surface area (Å²) in [5.41, 5.74) is 6.38. The van der Waals surface area contributed by atoms with E-state index in [4.69, 9.17) is 17.3 Å². The summed E-state index contributed by atoms with van der Waals surface area (Å²) in [5, 5.41) is 30.8. The first kappa shape index (κ1) is 27.2. The van der Waals surface area contributed by atoms with Crippen LogP contribution in [-0.4, -0.2) is 64.1 Å². The second-order valence-electron chi connectivity index (χ2n) is 8.49. The van der Waals surface area contributed by atoms with E-state index in [1.807, 2.05) is 6.92 Å². The molecule has 1 aliphatic heterocycles. The highest BCUT2D eigenvalue weighted by atomic mass is 79.9. The summed E-state index contributed by atoms with van der Waals surface area (Å²) in [5.74, 6) is -2.20. The van der Waals surface area contributed by atoms with Crippen LogP contribution in [-0.2, 0) is 9.59 Å². The highest BCUT2D eigenvalue weighted by Crippen LogP contribution is 2.36. The van der Waals surface area contributed by atoms with Gasteiger partial charge in [-0.15, -0.1) is 0 Å². The molecule has 3 rings (SSSR count). The lowest BCUT2D eigenvalue weighted by atomic mass is 10.0. The molecule has 2 atom stereocenters. The number of halogens is 2. The lowest BCUT2D eigenvalue weighted by molar-refractivity contribution is -0.137. The van der Waals surface area contributed by atoms with Crippen LogP contribution in [0.15, 0.2) is 40.1 Å². The average molecular weight is 583 g/mol. The molecule has 0 radical (unpaired) electrons. The molecule has 1 aliphatic rings. The van der Waals surface area contributed by atoms with Crippen molar-refractivity contribution < 1.29 is 24.6 Å². The van der Waals surface area contributed by atoms with Crippen LogP contribution >= 0.6 is 27.5 Å². The van der Waals surface area contributed by atoms with Gasteiger partial charge in [-0.1, -0.05) is 11.6 Å². The summed E-state index contributed by atoms with van der Waals surface area (Å²) < 4.78 is 0.246. The van der Waals surface area contributed by atoms with Crippen LogP contribution in [0.4, 0.5) is 5.69 Å². The molecule has 2 amide bonds. The Morgan fingerprint density at radius 3 is 2.72 bits per heavy atom. The summed E-state index contributed by atoms with van der Waals surface area (Å²) >= 11 is 9.15. The molecule has 2 heterocycles. The molecule has 1 aromatic carbocycles. The number of rotatable bonds is 8. The third kappa shape index (κ3) is 7.54. The molecular weight excluding hydrogens is 558 g/mol. The van der Waals surface area contributed by atoms with Crippen molar-refractivity contribution in [3.63, 3.8) is 0 Å². The minimum absolute atomic E-state index is 0.119. The van der Waals surface area contributed by atoms with Gasteiger partial charge in [0.2, 0.25) is 5.91 Å². The molecule has 14 heteroatoms. The summed E-state index contributed by atoms with van der Waals surface area (Å²) in [4.78, 5) is 44.8. The normalized spacial score (nSPS) is 17.8. The van der Waals surface area contributed by atoms with E-state index in [0.29, 0.717) is 24.7 Å². The van der Waals surface area contributed by atoms with E-state index in [1.54, 1.807) is 0 Å². The smallest absolute Gasteiger partial charge is 0.305 e. The van der Waals surface area contributed by atoms with Crippen molar-refractivity contribution in [3.05, 3.63) is 51.2 Å². The van der Waals surface area contributed by atoms with E-state index >= 15 is 0 Å². The zero-order valence-electron chi connectivity index (χ0n) is 19.1. The number of carbonyl (C=O) groups excluding carboxylic acids is 2. The number of carbonyl (C=O) groups is 3. The van der Waals surface area contributed by atoms with Crippen LogP contribution in [0.2, 0.25) is 5.02 Å². The molecule has 0 saturated carbocycles. The highest BCUT2D eigenvalue weighted by molar-refractivity contribution is 9.10. The standard InChI is InChI=1S/C22H25BrClN7O5/c1-22(25)9-28-21(29-10-22)30-13-2-11(6-26-7-13)20(36)27-8-17(32)31-16(5-18(33)34)14-3-12(24)4-15(23)19(14)35/h2-4,6-7,16,35H,5,8-10,25H2,1H3,(H,27,36)(H,31,32)(H,33,34)(H2,28,29,30). The van der Waals surface area contributed by atoms with Crippen LogP contribution in [0.3, 0.4) is 0 Å². The monoisotopic (exact) mass is 581 g/mol. The Balaban J connectivity index is 1.62. The molecule has 0 aliphatic carbocycles. The number of hydrogen-bond acceptors (Lipinski definition) is 9. The Morgan fingerprint density at radius 2 is 2.06 bits per heavy atom. The van der Waals surface area contributed by atoms with E-state index in [0.717, 1.165) is 0 Å². The second-order valence-corrected chi connectivity index (χ2v) is 9.78. The fourth-order valence-electron chi connectivity index (χ4n) is 3.28. The maximum atomic E-state index is 12.6. The lowest BCUT2D eigenvalue weighted by Gasteiger charge is -2.29. The van der Waals surface area contributed by atoms with Crippen molar-refractivity contribution in [2.75, 3.05) is 25.0 Å². The maximum Gasteiger partial charge on any atom is 0.305 e. The van der Waals surface area contributed by atoms with Crippen molar-refractivity contribution >= 4 is 57.0 Å². The molecule has 2 unspecified atom stereocenters. The van der Waals surface area contributed by atoms with Crippen LogP contribution in [0, 0.1) is 0 Å². The number of aromatic hydroxyl groups is 1. The third-order valence-corrected chi connectivity index (χ3v) is 5.90. The highest BCUT2D eigenvalue weighted by Gasteiger charge is 2.24. The predicted octanol–water partition coefficient (Wildman–Crippen LogP) is 1.35. The maximum absolute atomic E-state index is 12.6. The van der Waals surface area contributed by atoms with Gasteiger partial charge in [0.1, 0.15) is 5.75 Å². The van der Waals surface area contributed by atoms with Gasteiger partial charge in [0.25, 0.3) is 5.91 Å². The number of nitrogens with two attached hydrogens (primary N) is 1. The Morgan fingerprint density at radius 1 is 1.31 bits per heavy atom. The van der Waals surface area contributed by atoms with E-state index in [-0.39, 0.29) is 26.4 Å². The van der Waals surface area contributed by atoms with E-state index < -0.39 is 42.3 Å². The molecule has 8 N–H and O–H groups in total. The van der Waals surface area contributed by atoms with Crippen molar-refractivity contribution in [3.8, 4) is 5.75 Å². The van der Waals surface area contributed by atoms with Crippen LogP contribution in [0.1, 0.15) is 35.3 Å². The molecule has 2 aromatic rings. The number of carboxylic acid groups (broad SMARTS) is 1. The minimum Gasteiger partial charge on any atom is -0.506 e. The van der Waals surface area contributed by atoms with E-state index in [2.05, 4.69) is 47.2 Å². The molecular formula is C22H25BrClN7O5. The molecule has 1 aromatic heterocycles. The number of aliphatic carboxylic acids is 1. The predicted molar refractivity (Wildman–Crippen MR) is 137 cm³/mol. The van der Waals surface area contributed by atoms with Crippen molar-refractivity contribution in [1.29, 1.82) is 0 Å². The quantitative estimate of drug-likeness (QED) is 0.241. The Labute approximate surface area is 219 Å². The number of pyridine rings is 1. The molecule has 0 spiro atoms. The van der Waals surface area contributed by atoms with Crippen LogP contribution in [0.25, 0.3) is 0 Å². The number of amides is 2. The topological polar surface area (TPSA) is 191 Å². The van der Waals surface area contributed by atoms with Crippen LogP contribution < -0.4 is 27.0 Å². The second kappa shape index (κ2) is 11.5. The first-order valence-corrected chi connectivity index (χ1v) is 11.9. The SMILES string of the molecule is CC1(N)CN=C(Nc2cncc(C(=O)NCC(=O)NC(CC(=O)O)c3cc(Cl)cc(Br)c3O)c2)NC1. The Kier molecular flexibility index (Phi) is 8.71. The van der Waals surface area contributed by atoms with Gasteiger partial charge in [-0.05, 0) is 41.1 Å². The number of nitrogens with zero attached hydrogens (tertiary/aromatic N) is 2. The fourth-order valence-corrected chi connectivity index (χ4v) is 4.12. The van der Waals surface area contributed by atoms with Crippen LogP contribution in [0.5, 0.6) is 5.75 Å². The van der Waals surface area contributed by atoms with Gasteiger partial charge in [-0.2, -0.15) is 0 Å². The van der Waals surface area contributed by atoms with Gasteiger partial charge in [0.05, 0.1) is 53.0 Å². The zero-order chi connectivity index (χ0) is 26.5. The van der Waals surface area contributed by atoms with Gasteiger partial charge in [0.15, 0.2) is 5.96 Å². The zero-order valence-corrected chi connectivity index (χ0v) is 21.5. The fraction of sp³-hybridized carbons (Fsp3) is 0.318. The number of nitrogens with one attached hydrogen (secondary N) is 4. The Bertz CT molecular complexity index is 1210. The number of hydrogen-bond donors (Lipinski definition) is 7. The lowest BCUT2D eigenvalue weighted by Crippen LogP contribution is -2.55. The number of aliphatic imine (C=N–C) groups is 1. The third-order valence-electron chi connectivity index (χ3n) is 5.08. The van der Waals surface area contributed by atoms with Gasteiger partial charge in [0, 0.05) is 23.3 Å². The van der Waals surface area contributed by atoms with Crippen molar-refractivity contribution in [2.45, 2.75) is 24.9 Å². The largest absolute Gasteiger partial charge is 0.506 e. The number of benzene rings is 1. The van der Waals surface area contributed by atoms with Gasteiger partial charge in [-0.25, -0.2) is 0 Å². The average Bonchev–Trinajstić information content (AvgIpc) is 2.80. The number of carboxylic acids is 1. The molecule has 12 nitrogen and oxygen atoms in total. The number of guanidine groups is 1. The molecule has 192 valence electrons. The summed E-state index contributed by atoms with van der Waals surface area (Å²) in [6, 6.07) is 3.24. The first-order valence-electron chi connectivity index (χ1n) is 10.7. The summed E-state index contributed by atoms with van der Waals surface area (Å²) in [6.45, 7) is 2.38. The van der Waals surface area contributed by atoms with E-state index in [9.17, 15) is 24.6 Å². The molecule has 0 saturated heterocycles. The van der Waals surface area contributed by atoms with Crippen molar-refractivity contribution in [2.24, 2.45) is 10.7 Å². The van der Waals surface area contributed by atoms with E-state index in [1.165, 1.54) is 30.6 Å². The number of phenols is 1. The van der Waals surface area contributed by atoms with Gasteiger partial charge < -0.3 is 37.2 Å². The van der Waals surface area contributed by atoms with Gasteiger partial charge in [-0.3, -0.25) is 24.4 Å². The number of aromatic nitrogens is 1. The summed E-state index contributed by atoms with van der Waals surface area (Å²) in [7, 11) is 0.